The predicted molar refractivity (Wildman–Crippen MR) is 97.4 cm³/mol. The number of hydrogen-bond acceptors (Lipinski definition) is 8. The second-order valence-electron chi connectivity index (χ2n) is 7.53. The van der Waals surface area contributed by atoms with Crippen LogP contribution in [0.25, 0.3) is 0 Å². The fraction of sp³-hybridized carbons (Fsp3) is 0.632. The van der Waals surface area contributed by atoms with Crippen molar-refractivity contribution in [1.29, 1.82) is 0 Å². The van der Waals surface area contributed by atoms with Gasteiger partial charge in [-0.25, -0.2) is 4.98 Å². The van der Waals surface area contributed by atoms with Crippen molar-refractivity contribution in [3.63, 3.8) is 0 Å². The molecule has 2 saturated heterocycles. The Morgan fingerprint density at radius 2 is 2.18 bits per heavy atom. The van der Waals surface area contributed by atoms with Gasteiger partial charge in [0.1, 0.15) is 6.42 Å². The van der Waals surface area contributed by atoms with E-state index in [1.54, 1.807) is 25.5 Å². The molecule has 1 amide bonds. The zero-order chi connectivity index (χ0) is 19.4. The van der Waals surface area contributed by atoms with Crippen LogP contribution in [0.5, 0.6) is 5.88 Å². The fourth-order valence-electron chi connectivity index (χ4n) is 4.17. The molecule has 2 aromatic rings. The van der Waals surface area contributed by atoms with E-state index in [1.165, 1.54) is 0 Å². The van der Waals surface area contributed by atoms with Crippen molar-refractivity contribution in [2.75, 3.05) is 32.9 Å². The number of aromatic nitrogens is 4. The van der Waals surface area contributed by atoms with Crippen molar-refractivity contribution in [3.05, 3.63) is 30.3 Å². The van der Waals surface area contributed by atoms with Crippen LogP contribution in [0.2, 0.25) is 0 Å². The first-order valence-electron chi connectivity index (χ1n) is 9.68. The summed E-state index contributed by atoms with van der Waals surface area (Å²) in [4.78, 5) is 26.8. The fourth-order valence-corrected chi connectivity index (χ4v) is 4.17. The number of piperidine rings is 1. The van der Waals surface area contributed by atoms with E-state index in [9.17, 15) is 4.79 Å². The molecule has 2 aliphatic heterocycles. The molecule has 2 aromatic heterocycles. The van der Waals surface area contributed by atoms with E-state index in [-0.39, 0.29) is 23.7 Å². The van der Waals surface area contributed by atoms with Crippen molar-refractivity contribution in [1.82, 2.24) is 25.0 Å². The number of rotatable bonds is 5. The molecule has 9 heteroatoms. The topological polar surface area (TPSA) is 103 Å². The Morgan fingerprint density at radius 1 is 1.32 bits per heavy atom. The average Bonchev–Trinajstić information content (AvgIpc) is 3.13. The number of hydrogen-bond donors (Lipinski definition) is 0. The minimum absolute atomic E-state index is 0.0397. The SMILES string of the molecule is Cc1noc(CC(=O)N2CCC3(CCOCC3COc3cnccn3)CC2)n1. The molecule has 150 valence electrons. The van der Waals surface area contributed by atoms with E-state index in [0.29, 0.717) is 30.8 Å². The number of carbonyl (C=O) groups excluding carboxylic acids is 1. The van der Waals surface area contributed by atoms with Gasteiger partial charge < -0.3 is 18.9 Å². The summed E-state index contributed by atoms with van der Waals surface area (Å²) in [5.74, 6) is 1.78. The van der Waals surface area contributed by atoms with Crippen LogP contribution in [-0.4, -0.2) is 63.8 Å². The predicted octanol–water partition coefficient (Wildman–Crippen LogP) is 1.43. The van der Waals surface area contributed by atoms with Crippen molar-refractivity contribution in [3.8, 4) is 5.88 Å². The van der Waals surface area contributed by atoms with Crippen LogP contribution in [0.1, 0.15) is 31.0 Å². The molecule has 0 bridgehead atoms. The van der Waals surface area contributed by atoms with Crippen LogP contribution in [0.4, 0.5) is 0 Å². The summed E-state index contributed by atoms with van der Waals surface area (Å²) in [5, 5.41) is 3.74. The number of aryl methyl sites for hydroxylation is 1. The van der Waals surface area contributed by atoms with Gasteiger partial charge in [-0.15, -0.1) is 0 Å². The lowest BCUT2D eigenvalue weighted by molar-refractivity contribution is -0.137. The zero-order valence-corrected chi connectivity index (χ0v) is 16.0. The Balaban J connectivity index is 1.34. The highest BCUT2D eigenvalue weighted by Gasteiger charge is 2.44. The van der Waals surface area contributed by atoms with Crippen molar-refractivity contribution >= 4 is 5.91 Å². The third kappa shape index (κ3) is 4.14. The second-order valence-corrected chi connectivity index (χ2v) is 7.53. The van der Waals surface area contributed by atoms with Crippen LogP contribution in [0, 0.1) is 18.3 Å². The lowest BCUT2D eigenvalue weighted by Crippen LogP contribution is -2.51. The summed E-state index contributed by atoms with van der Waals surface area (Å²) in [6, 6.07) is 0. The first-order chi connectivity index (χ1) is 13.6. The molecule has 0 saturated carbocycles. The van der Waals surface area contributed by atoms with Crippen LogP contribution in [-0.2, 0) is 16.0 Å². The van der Waals surface area contributed by atoms with E-state index < -0.39 is 0 Å². The van der Waals surface area contributed by atoms with Gasteiger partial charge in [-0.3, -0.25) is 9.78 Å². The van der Waals surface area contributed by atoms with E-state index >= 15 is 0 Å². The molecule has 0 aliphatic carbocycles. The molecule has 4 rings (SSSR count). The maximum atomic E-state index is 12.6. The highest BCUT2D eigenvalue weighted by Crippen LogP contribution is 2.44. The second kappa shape index (κ2) is 8.22. The van der Waals surface area contributed by atoms with Crippen molar-refractivity contribution in [2.45, 2.75) is 32.6 Å². The Hall–Kier alpha value is -2.55. The van der Waals surface area contributed by atoms with Gasteiger partial charge in [-0.2, -0.15) is 4.98 Å². The Labute approximate surface area is 163 Å². The number of ether oxygens (including phenoxy) is 2. The number of amides is 1. The molecule has 1 spiro atoms. The monoisotopic (exact) mass is 387 g/mol. The molecular weight excluding hydrogens is 362 g/mol. The average molecular weight is 387 g/mol. The molecule has 4 heterocycles. The summed E-state index contributed by atoms with van der Waals surface area (Å²) in [5.41, 5.74) is 0.137. The maximum Gasteiger partial charge on any atom is 0.236 e. The molecule has 1 unspecified atom stereocenters. The molecule has 28 heavy (non-hydrogen) atoms. The molecule has 0 N–H and O–H groups in total. The summed E-state index contributed by atoms with van der Waals surface area (Å²) in [6.07, 6.45) is 7.91. The normalized spacial score (nSPS) is 21.6. The van der Waals surface area contributed by atoms with Gasteiger partial charge in [0, 0.05) is 38.0 Å². The van der Waals surface area contributed by atoms with Gasteiger partial charge in [0.25, 0.3) is 0 Å². The van der Waals surface area contributed by atoms with Crippen LogP contribution in [0.15, 0.2) is 23.1 Å². The van der Waals surface area contributed by atoms with Crippen LogP contribution in [0.3, 0.4) is 0 Å². The summed E-state index contributed by atoms with van der Waals surface area (Å²) >= 11 is 0. The smallest absolute Gasteiger partial charge is 0.236 e. The van der Waals surface area contributed by atoms with Crippen LogP contribution >= 0.6 is 0 Å². The third-order valence-electron chi connectivity index (χ3n) is 5.89. The van der Waals surface area contributed by atoms with Gasteiger partial charge in [-0.1, -0.05) is 5.16 Å². The van der Waals surface area contributed by atoms with Gasteiger partial charge in [-0.05, 0) is 31.6 Å². The summed E-state index contributed by atoms with van der Waals surface area (Å²) in [6.45, 7) is 5.19. The Bertz CT molecular complexity index is 789. The van der Waals surface area contributed by atoms with Crippen molar-refractivity contribution in [2.24, 2.45) is 11.3 Å². The standard InChI is InChI=1S/C19H25N5O4/c1-14-22-16(28-23-14)10-18(25)24-7-2-19(3-8-24)4-9-26-12-15(19)13-27-17-11-20-5-6-21-17/h5-6,11,15H,2-4,7-10,12-13H2,1H3. The van der Waals surface area contributed by atoms with Gasteiger partial charge >= 0.3 is 0 Å². The molecule has 1 atom stereocenters. The minimum Gasteiger partial charge on any atom is -0.476 e. The van der Waals surface area contributed by atoms with E-state index in [2.05, 4.69) is 20.1 Å². The third-order valence-corrected chi connectivity index (χ3v) is 5.89. The summed E-state index contributed by atoms with van der Waals surface area (Å²) < 4.78 is 16.7. The molecule has 0 radical (unpaired) electrons. The summed E-state index contributed by atoms with van der Waals surface area (Å²) in [7, 11) is 0. The quantitative estimate of drug-likeness (QED) is 0.759. The number of carbonyl (C=O) groups is 1. The Morgan fingerprint density at radius 3 is 2.89 bits per heavy atom. The van der Waals surface area contributed by atoms with E-state index in [0.717, 1.165) is 39.0 Å². The van der Waals surface area contributed by atoms with E-state index in [1.807, 2.05) is 4.90 Å². The lowest BCUT2D eigenvalue weighted by atomic mass is 9.66. The minimum atomic E-state index is 0.0397. The number of nitrogens with zero attached hydrogens (tertiary/aromatic N) is 5. The molecule has 2 fully saturated rings. The van der Waals surface area contributed by atoms with Crippen molar-refractivity contribution < 1.29 is 18.8 Å². The van der Waals surface area contributed by atoms with Gasteiger partial charge in [0.05, 0.1) is 19.4 Å². The van der Waals surface area contributed by atoms with Crippen LogP contribution < -0.4 is 4.74 Å². The van der Waals surface area contributed by atoms with E-state index in [4.69, 9.17) is 14.0 Å². The lowest BCUT2D eigenvalue weighted by Gasteiger charge is -2.48. The molecule has 2 aliphatic rings. The number of likely N-dealkylation sites (tertiary alicyclic amines) is 1. The molecular formula is C19H25N5O4. The molecule has 0 aromatic carbocycles. The largest absolute Gasteiger partial charge is 0.476 e. The first kappa shape index (κ1) is 18.8. The van der Waals surface area contributed by atoms with Gasteiger partial charge in [0.15, 0.2) is 5.82 Å². The first-order valence-corrected chi connectivity index (χ1v) is 9.68. The van der Waals surface area contributed by atoms with Gasteiger partial charge in [0.2, 0.25) is 17.7 Å². The zero-order valence-electron chi connectivity index (χ0n) is 16.0. The maximum absolute atomic E-state index is 12.6. The molecule has 9 nitrogen and oxygen atoms in total. The highest BCUT2D eigenvalue weighted by molar-refractivity contribution is 5.77. The Kier molecular flexibility index (Phi) is 5.52. The highest BCUT2D eigenvalue weighted by atomic mass is 16.5.